The van der Waals surface area contributed by atoms with Crippen LogP contribution in [0, 0.1) is 0 Å². The normalized spacial score (nSPS) is 12.1. The third-order valence-electron chi connectivity index (χ3n) is 2.09. The number of rotatable bonds is 6. The molecule has 0 aliphatic carbocycles. The van der Waals surface area contributed by atoms with E-state index >= 15 is 0 Å². The maximum absolute atomic E-state index is 11.3. The molecule has 6 heteroatoms. The number of aromatic amines is 1. The monoisotopic (exact) mass is 225 g/mol. The van der Waals surface area contributed by atoms with E-state index in [0.29, 0.717) is 13.0 Å². The molecule has 1 amide bonds. The SMILES string of the molecule is NC(CC(=O)O)C(=O)NCCc1ccc[nH]1. The summed E-state index contributed by atoms with van der Waals surface area (Å²) in [5.41, 5.74) is 6.38. The summed E-state index contributed by atoms with van der Waals surface area (Å²) < 4.78 is 0. The average molecular weight is 225 g/mol. The second-order valence-electron chi connectivity index (χ2n) is 3.44. The van der Waals surface area contributed by atoms with Gasteiger partial charge in [-0.25, -0.2) is 0 Å². The zero-order valence-electron chi connectivity index (χ0n) is 8.77. The van der Waals surface area contributed by atoms with Gasteiger partial charge in [0.1, 0.15) is 0 Å². The third kappa shape index (κ3) is 4.14. The van der Waals surface area contributed by atoms with Gasteiger partial charge in [-0.3, -0.25) is 9.59 Å². The van der Waals surface area contributed by atoms with Crippen LogP contribution >= 0.6 is 0 Å². The molecule has 1 aromatic heterocycles. The summed E-state index contributed by atoms with van der Waals surface area (Å²) in [4.78, 5) is 24.6. The van der Waals surface area contributed by atoms with Gasteiger partial charge in [-0.05, 0) is 12.1 Å². The van der Waals surface area contributed by atoms with Crippen molar-refractivity contribution in [2.45, 2.75) is 18.9 Å². The van der Waals surface area contributed by atoms with Crippen molar-refractivity contribution >= 4 is 11.9 Å². The fraction of sp³-hybridized carbons (Fsp3) is 0.400. The molecule has 1 heterocycles. The van der Waals surface area contributed by atoms with E-state index in [9.17, 15) is 9.59 Å². The molecule has 0 aromatic carbocycles. The largest absolute Gasteiger partial charge is 0.481 e. The Bertz CT molecular complexity index is 348. The maximum Gasteiger partial charge on any atom is 0.305 e. The zero-order chi connectivity index (χ0) is 12.0. The van der Waals surface area contributed by atoms with E-state index in [1.165, 1.54) is 0 Å². The molecule has 0 saturated heterocycles. The van der Waals surface area contributed by atoms with Crippen molar-refractivity contribution in [2.75, 3.05) is 6.54 Å². The fourth-order valence-electron chi connectivity index (χ4n) is 1.26. The van der Waals surface area contributed by atoms with Gasteiger partial charge in [-0.15, -0.1) is 0 Å². The number of hydrogen-bond acceptors (Lipinski definition) is 3. The van der Waals surface area contributed by atoms with Gasteiger partial charge in [-0.1, -0.05) is 0 Å². The van der Waals surface area contributed by atoms with E-state index in [1.54, 1.807) is 6.20 Å². The molecule has 0 aliphatic rings. The minimum atomic E-state index is -1.08. The van der Waals surface area contributed by atoms with E-state index < -0.39 is 17.9 Å². The van der Waals surface area contributed by atoms with Crippen LogP contribution < -0.4 is 11.1 Å². The van der Waals surface area contributed by atoms with Gasteiger partial charge in [-0.2, -0.15) is 0 Å². The highest BCUT2D eigenvalue weighted by Crippen LogP contribution is 1.94. The first-order valence-electron chi connectivity index (χ1n) is 4.97. The third-order valence-corrected chi connectivity index (χ3v) is 2.09. The molecule has 0 spiro atoms. The van der Waals surface area contributed by atoms with Crippen molar-refractivity contribution in [1.82, 2.24) is 10.3 Å². The number of carbonyl (C=O) groups is 2. The van der Waals surface area contributed by atoms with Gasteiger partial charge >= 0.3 is 5.97 Å². The predicted octanol–water partition coefficient (Wildman–Crippen LogP) is -0.525. The molecular formula is C10H15N3O3. The van der Waals surface area contributed by atoms with Gasteiger partial charge in [0.15, 0.2) is 0 Å². The zero-order valence-corrected chi connectivity index (χ0v) is 8.77. The smallest absolute Gasteiger partial charge is 0.305 e. The van der Waals surface area contributed by atoms with Crippen molar-refractivity contribution < 1.29 is 14.7 Å². The van der Waals surface area contributed by atoms with E-state index in [-0.39, 0.29) is 6.42 Å². The number of carbonyl (C=O) groups excluding carboxylic acids is 1. The standard InChI is InChI=1S/C10H15N3O3/c11-8(6-9(14)15)10(16)13-5-3-7-2-1-4-12-7/h1-2,4,8,12H,3,5-6,11H2,(H,13,16)(H,14,15). The summed E-state index contributed by atoms with van der Waals surface area (Å²) in [6.07, 6.45) is 2.11. The number of H-pyrrole nitrogens is 1. The van der Waals surface area contributed by atoms with Crippen LogP contribution in [0.15, 0.2) is 18.3 Å². The molecule has 5 N–H and O–H groups in total. The predicted molar refractivity (Wildman–Crippen MR) is 57.7 cm³/mol. The van der Waals surface area contributed by atoms with E-state index in [4.69, 9.17) is 10.8 Å². The van der Waals surface area contributed by atoms with Crippen LogP contribution in [-0.2, 0) is 16.0 Å². The number of carboxylic acid groups (broad SMARTS) is 1. The minimum absolute atomic E-state index is 0.353. The Balaban J connectivity index is 2.22. The van der Waals surface area contributed by atoms with E-state index in [2.05, 4.69) is 10.3 Å². The van der Waals surface area contributed by atoms with Gasteiger partial charge in [0.05, 0.1) is 12.5 Å². The number of aliphatic carboxylic acids is 1. The molecule has 0 aliphatic heterocycles. The summed E-state index contributed by atoms with van der Waals surface area (Å²) in [6, 6.07) is 2.79. The number of nitrogens with one attached hydrogen (secondary N) is 2. The highest BCUT2D eigenvalue weighted by molar-refractivity contribution is 5.85. The highest BCUT2D eigenvalue weighted by Gasteiger charge is 2.16. The molecule has 0 radical (unpaired) electrons. The summed E-state index contributed by atoms with van der Waals surface area (Å²) in [5, 5.41) is 11.0. The molecule has 6 nitrogen and oxygen atoms in total. The molecule has 1 rings (SSSR count). The summed E-state index contributed by atoms with van der Waals surface area (Å²) in [6.45, 7) is 0.437. The lowest BCUT2D eigenvalue weighted by Crippen LogP contribution is -2.42. The van der Waals surface area contributed by atoms with Crippen LogP contribution in [0.4, 0.5) is 0 Å². The summed E-state index contributed by atoms with van der Waals surface area (Å²) in [7, 11) is 0. The Kier molecular flexibility index (Phi) is 4.53. The van der Waals surface area contributed by atoms with Crippen molar-refractivity contribution in [1.29, 1.82) is 0 Å². The summed E-state index contributed by atoms with van der Waals surface area (Å²) >= 11 is 0. The highest BCUT2D eigenvalue weighted by atomic mass is 16.4. The van der Waals surface area contributed by atoms with Crippen molar-refractivity contribution in [2.24, 2.45) is 5.73 Å². The Morgan fingerprint density at radius 2 is 2.31 bits per heavy atom. The van der Waals surface area contributed by atoms with Crippen molar-refractivity contribution in [3.05, 3.63) is 24.0 Å². The van der Waals surface area contributed by atoms with Crippen LogP contribution in [0.25, 0.3) is 0 Å². The van der Waals surface area contributed by atoms with Crippen LogP contribution in [-0.4, -0.2) is 34.6 Å². The number of aromatic nitrogens is 1. The van der Waals surface area contributed by atoms with Crippen molar-refractivity contribution in [3.63, 3.8) is 0 Å². The van der Waals surface area contributed by atoms with Crippen LogP contribution in [0.5, 0.6) is 0 Å². The Morgan fingerprint density at radius 1 is 1.56 bits per heavy atom. The first-order chi connectivity index (χ1) is 7.59. The number of amides is 1. The van der Waals surface area contributed by atoms with Gasteiger partial charge < -0.3 is 21.1 Å². The first kappa shape index (κ1) is 12.3. The second-order valence-corrected chi connectivity index (χ2v) is 3.44. The van der Waals surface area contributed by atoms with Gasteiger partial charge in [0, 0.05) is 24.9 Å². The Hall–Kier alpha value is -1.82. The number of hydrogen-bond donors (Lipinski definition) is 4. The maximum atomic E-state index is 11.3. The molecule has 0 saturated carbocycles. The van der Waals surface area contributed by atoms with Crippen LogP contribution in [0.2, 0.25) is 0 Å². The molecule has 1 aromatic rings. The molecule has 1 atom stereocenters. The molecule has 88 valence electrons. The fourth-order valence-corrected chi connectivity index (χ4v) is 1.26. The minimum Gasteiger partial charge on any atom is -0.481 e. The second kappa shape index (κ2) is 5.92. The quantitative estimate of drug-likeness (QED) is 0.522. The number of carboxylic acids is 1. The lowest BCUT2D eigenvalue weighted by atomic mass is 10.2. The van der Waals surface area contributed by atoms with Gasteiger partial charge in [0.25, 0.3) is 0 Å². The van der Waals surface area contributed by atoms with E-state index in [1.807, 2.05) is 12.1 Å². The van der Waals surface area contributed by atoms with E-state index in [0.717, 1.165) is 5.69 Å². The number of nitrogens with two attached hydrogens (primary N) is 1. The Morgan fingerprint density at radius 3 is 2.88 bits per heavy atom. The van der Waals surface area contributed by atoms with Crippen molar-refractivity contribution in [3.8, 4) is 0 Å². The molecule has 0 fully saturated rings. The molecule has 1 unspecified atom stereocenters. The lowest BCUT2D eigenvalue weighted by molar-refractivity contribution is -0.139. The topological polar surface area (TPSA) is 108 Å². The van der Waals surface area contributed by atoms with Gasteiger partial charge in [0.2, 0.25) is 5.91 Å². The van der Waals surface area contributed by atoms with Crippen LogP contribution in [0.1, 0.15) is 12.1 Å². The molecular weight excluding hydrogens is 210 g/mol. The Labute approximate surface area is 92.8 Å². The lowest BCUT2D eigenvalue weighted by Gasteiger charge is -2.09. The molecule has 16 heavy (non-hydrogen) atoms. The first-order valence-corrected chi connectivity index (χ1v) is 4.97. The summed E-state index contributed by atoms with van der Waals surface area (Å²) in [5.74, 6) is -1.51. The average Bonchev–Trinajstić information content (AvgIpc) is 2.69. The van der Waals surface area contributed by atoms with Crippen LogP contribution in [0.3, 0.4) is 0 Å². The molecule has 0 bridgehead atoms.